The van der Waals surface area contributed by atoms with Crippen LogP contribution in [-0.4, -0.2) is 56.7 Å². The molecule has 0 aromatic heterocycles. The molecule has 8 heteroatoms. The maximum absolute atomic E-state index is 10.2. The van der Waals surface area contributed by atoms with Gasteiger partial charge in [0.05, 0.1) is 13.2 Å². The van der Waals surface area contributed by atoms with E-state index in [1.807, 2.05) is 0 Å². The Balaban J connectivity index is 5.02. The van der Waals surface area contributed by atoms with Gasteiger partial charge in [0.15, 0.2) is 33.3 Å². The Morgan fingerprint density at radius 2 is 0.897 bits per heavy atom. The van der Waals surface area contributed by atoms with Crippen molar-refractivity contribution in [3.05, 3.63) is 0 Å². The second kappa shape index (κ2) is 11.0. The lowest BCUT2D eigenvalue weighted by Gasteiger charge is -2.40. The predicted octanol–water partition coefficient (Wildman–Crippen LogP) is 6.41. The number of aliphatic hydroxyl groups excluding tert-OH is 2. The van der Waals surface area contributed by atoms with Gasteiger partial charge in [0.2, 0.25) is 0 Å². The standard InChI is InChI=1S/C21H52O4Si4/c1-19(28(9,10)24-26(3,4)5)13-15-21(17-22,18-23)16-14-20(2)29(11,12)25-27(6,7)8/h19-20,22-23H,13-18H2,1-12H3. The van der Waals surface area contributed by atoms with E-state index in [2.05, 4.69) is 79.3 Å². The largest absolute Gasteiger partial charge is 0.456 e. The van der Waals surface area contributed by atoms with Crippen LogP contribution in [0, 0.1) is 5.41 Å². The highest BCUT2D eigenvalue weighted by Gasteiger charge is 2.39. The molecule has 0 aromatic rings. The molecule has 2 atom stereocenters. The lowest BCUT2D eigenvalue weighted by molar-refractivity contribution is 0.0355. The van der Waals surface area contributed by atoms with Gasteiger partial charge in [-0.1, -0.05) is 26.7 Å². The van der Waals surface area contributed by atoms with Crippen LogP contribution >= 0.6 is 0 Å². The molecule has 0 aliphatic carbocycles. The first-order valence-electron chi connectivity index (χ1n) is 11.4. The highest BCUT2D eigenvalue weighted by molar-refractivity contribution is 6.85. The van der Waals surface area contributed by atoms with Crippen molar-refractivity contribution in [1.29, 1.82) is 0 Å². The molecular weight excluding hydrogens is 429 g/mol. The van der Waals surface area contributed by atoms with Gasteiger partial charge in [-0.05, 0) is 89.4 Å². The third kappa shape index (κ3) is 11.2. The molecule has 4 nitrogen and oxygen atoms in total. The van der Waals surface area contributed by atoms with Crippen molar-refractivity contribution in [2.75, 3.05) is 13.2 Å². The monoisotopic (exact) mass is 480 g/mol. The molecule has 0 aliphatic heterocycles. The maximum Gasteiger partial charge on any atom is 0.176 e. The summed E-state index contributed by atoms with van der Waals surface area (Å²) in [7, 11) is -6.68. The van der Waals surface area contributed by atoms with Gasteiger partial charge < -0.3 is 18.4 Å². The summed E-state index contributed by atoms with van der Waals surface area (Å²) in [6.07, 6.45) is 3.73. The molecule has 0 rings (SSSR count). The number of aliphatic hydroxyl groups is 2. The third-order valence-electron chi connectivity index (χ3n) is 6.40. The first-order valence-corrected chi connectivity index (χ1v) is 24.2. The average molecular weight is 481 g/mol. The highest BCUT2D eigenvalue weighted by Crippen LogP contribution is 2.40. The van der Waals surface area contributed by atoms with Crippen LogP contribution in [0.5, 0.6) is 0 Å². The van der Waals surface area contributed by atoms with Crippen LogP contribution in [0.15, 0.2) is 0 Å². The Labute approximate surface area is 186 Å². The van der Waals surface area contributed by atoms with E-state index >= 15 is 0 Å². The van der Waals surface area contributed by atoms with Crippen LogP contribution < -0.4 is 0 Å². The van der Waals surface area contributed by atoms with Crippen molar-refractivity contribution in [3.8, 4) is 0 Å². The zero-order valence-corrected chi connectivity index (χ0v) is 25.6. The molecule has 0 spiro atoms. The number of hydrogen-bond donors (Lipinski definition) is 2. The minimum Gasteiger partial charge on any atom is -0.456 e. The molecule has 0 aliphatic rings. The van der Waals surface area contributed by atoms with Crippen LogP contribution in [-0.2, 0) is 8.23 Å². The number of rotatable bonds is 14. The Morgan fingerprint density at radius 3 is 1.10 bits per heavy atom. The van der Waals surface area contributed by atoms with Crippen LogP contribution in [0.2, 0.25) is 76.6 Å². The highest BCUT2D eigenvalue weighted by atomic mass is 28.4. The summed E-state index contributed by atoms with van der Waals surface area (Å²) in [5, 5.41) is 20.4. The van der Waals surface area contributed by atoms with Gasteiger partial charge in [-0.2, -0.15) is 0 Å². The fourth-order valence-electron chi connectivity index (χ4n) is 4.01. The third-order valence-corrected chi connectivity index (χ3v) is 20.8. The molecule has 0 bridgehead atoms. The second-order valence-electron chi connectivity index (χ2n) is 12.3. The van der Waals surface area contributed by atoms with Gasteiger partial charge in [0.25, 0.3) is 0 Å². The fourth-order valence-corrected chi connectivity index (χ4v) is 19.9. The Hall–Kier alpha value is 0.708. The molecule has 2 unspecified atom stereocenters. The van der Waals surface area contributed by atoms with E-state index < -0.39 is 38.7 Å². The average Bonchev–Trinajstić information content (AvgIpc) is 2.50. The summed E-state index contributed by atoms with van der Waals surface area (Å²) in [4.78, 5) is 0. The van der Waals surface area contributed by atoms with Gasteiger partial charge in [0.1, 0.15) is 0 Å². The van der Waals surface area contributed by atoms with Crippen molar-refractivity contribution >= 4 is 33.3 Å². The minimum absolute atomic E-state index is 0.0522. The molecule has 176 valence electrons. The lowest BCUT2D eigenvalue weighted by Crippen LogP contribution is -2.46. The first kappa shape index (κ1) is 29.7. The summed E-state index contributed by atoms with van der Waals surface area (Å²) in [5.41, 5.74) is 0.617. The molecule has 0 fully saturated rings. The summed E-state index contributed by atoms with van der Waals surface area (Å²) < 4.78 is 13.1. The van der Waals surface area contributed by atoms with Gasteiger partial charge in [-0.3, -0.25) is 0 Å². The molecule has 0 amide bonds. The molecule has 0 radical (unpaired) electrons. The Bertz CT molecular complexity index is 440. The van der Waals surface area contributed by atoms with Gasteiger partial charge in [-0.15, -0.1) is 0 Å². The van der Waals surface area contributed by atoms with Crippen molar-refractivity contribution in [2.45, 2.75) is 116 Å². The SMILES string of the molecule is CC(CCC(CO)(CO)CCC(C)[Si](C)(C)O[Si](C)(C)C)[Si](C)(C)O[Si](C)(C)C. The minimum atomic E-state index is -1.78. The van der Waals surface area contributed by atoms with Gasteiger partial charge in [0, 0.05) is 5.41 Å². The Kier molecular flexibility index (Phi) is 11.3. The van der Waals surface area contributed by atoms with Crippen LogP contribution in [0.1, 0.15) is 39.5 Å². The summed E-state index contributed by atoms with van der Waals surface area (Å²) >= 11 is 0. The fraction of sp³-hybridized carbons (Fsp3) is 1.00. The molecule has 0 saturated carbocycles. The van der Waals surface area contributed by atoms with Gasteiger partial charge in [-0.25, -0.2) is 0 Å². The van der Waals surface area contributed by atoms with E-state index in [-0.39, 0.29) is 13.2 Å². The van der Waals surface area contributed by atoms with Crippen LogP contribution in [0.3, 0.4) is 0 Å². The van der Waals surface area contributed by atoms with Crippen molar-refractivity contribution in [1.82, 2.24) is 0 Å². The topological polar surface area (TPSA) is 58.9 Å². The van der Waals surface area contributed by atoms with E-state index in [4.69, 9.17) is 8.23 Å². The second-order valence-corrected chi connectivity index (χ2v) is 30.8. The molecule has 0 aromatic carbocycles. The van der Waals surface area contributed by atoms with Crippen LogP contribution in [0.25, 0.3) is 0 Å². The summed E-state index contributed by atoms with van der Waals surface area (Å²) in [6.45, 7) is 27.5. The van der Waals surface area contributed by atoms with E-state index in [0.29, 0.717) is 11.1 Å². The summed E-state index contributed by atoms with van der Waals surface area (Å²) in [6, 6.07) is 0. The van der Waals surface area contributed by atoms with E-state index in [1.54, 1.807) is 0 Å². The van der Waals surface area contributed by atoms with Gasteiger partial charge >= 0.3 is 0 Å². The van der Waals surface area contributed by atoms with Crippen molar-refractivity contribution in [3.63, 3.8) is 0 Å². The molecule has 29 heavy (non-hydrogen) atoms. The van der Waals surface area contributed by atoms with Crippen molar-refractivity contribution in [2.24, 2.45) is 5.41 Å². The van der Waals surface area contributed by atoms with E-state index in [1.165, 1.54) is 0 Å². The lowest BCUT2D eigenvalue weighted by atomic mass is 9.79. The van der Waals surface area contributed by atoms with E-state index in [0.717, 1.165) is 25.7 Å². The molecular formula is C21H52O4Si4. The quantitative estimate of drug-likeness (QED) is 0.282. The molecule has 2 N–H and O–H groups in total. The van der Waals surface area contributed by atoms with Crippen molar-refractivity contribution < 1.29 is 18.4 Å². The first-order chi connectivity index (χ1) is 12.8. The predicted molar refractivity (Wildman–Crippen MR) is 138 cm³/mol. The smallest absolute Gasteiger partial charge is 0.176 e. The van der Waals surface area contributed by atoms with Crippen LogP contribution in [0.4, 0.5) is 0 Å². The maximum atomic E-state index is 10.2. The Morgan fingerprint density at radius 1 is 0.621 bits per heavy atom. The zero-order valence-electron chi connectivity index (χ0n) is 21.6. The summed E-state index contributed by atoms with van der Waals surface area (Å²) in [5.74, 6) is 0. The molecule has 0 saturated heterocycles. The van der Waals surface area contributed by atoms with E-state index in [9.17, 15) is 10.2 Å². The zero-order chi connectivity index (χ0) is 23.3. The number of hydrogen-bond acceptors (Lipinski definition) is 4. The molecule has 0 heterocycles. The normalized spacial score (nSPS) is 16.8.